The van der Waals surface area contributed by atoms with Gasteiger partial charge in [0.1, 0.15) is 0 Å². The lowest BCUT2D eigenvalue weighted by Gasteiger charge is -2.05. The van der Waals surface area contributed by atoms with Crippen LogP contribution >= 0.6 is 0 Å². The third-order valence-corrected chi connectivity index (χ3v) is 2.34. The average molecular weight is 186 g/mol. The van der Waals surface area contributed by atoms with E-state index in [1.165, 1.54) is 16.3 Å². The van der Waals surface area contributed by atoms with Crippen LogP contribution in [0.1, 0.15) is 12.5 Å². The molecule has 2 heteroatoms. The molecule has 0 amide bonds. The van der Waals surface area contributed by atoms with Crippen molar-refractivity contribution in [2.75, 3.05) is 6.54 Å². The predicted molar refractivity (Wildman–Crippen MR) is 59.1 cm³/mol. The van der Waals surface area contributed by atoms with Crippen molar-refractivity contribution in [3.05, 3.63) is 42.2 Å². The summed E-state index contributed by atoms with van der Waals surface area (Å²) in [6.45, 7) is 4.03. The van der Waals surface area contributed by atoms with Crippen LogP contribution in [0.5, 0.6) is 0 Å². The zero-order chi connectivity index (χ0) is 9.80. The average Bonchev–Trinajstić information content (AvgIpc) is 2.26. The van der Waals surface area contributed by atoms with Crippen molar-refractivity contribution in [2.24, 2.45) is 0 Å². The van der Waals surface area contributed by atoms with E-state index in [1.54, 1.807) is 0 Å². The van der Waals surface area contributed by atoms with Crippen LogP contribution in [0.25, 0.3) is 10.8 Å². The Bertz CT molecular complexity index is 418. The topological polar surface area (TPSA) is 24.9 Å². The number of hydrogen-bond donors (Lipinski definition) is 1. The maximum Gasteiger partial charge on any atom is 0.0349 e. The van der Waals surface area contributed by atoms with Crippen LogP contribution in [0.15, 0.2) is 36.7 Å². The molecular formula is C12H14N2. The highest BCUT2D eigenvalue weighted by atomic mass is 14.8. The van der Waals surface area contributed by atoms with Gasteiger partial charge >= 0.3 is 0 Å². The fraction of sp³-hybridized carbons (Fsp3) is 0.250. The zero-order valence-electron chi connectivity index (χ0n) is 8.33. The van der Waals surface area contributed by atoms with Crippen LogP contribution in [-0.2, 0) is 6.54 Å². The molecule has 0 fully saturated rings. The quantitative estimate of drug-likeness (QED) is 0.795. The number of fused-ring (bicyclic) bond motifs is 1. The van der Waals surface area contributed by atoms with E-state index in [0.29, 0.717) is 0 Å². The van der Waals surface area contributed by atoms with E-state index >= 15 is 0 Å². The molecule has 0 aliphatic heterocycles. The molecule has 0 saturated carbocycles. The molecule has 0 unspecified atom stereocenters. The van der Waals surface area contributed by atoms with Crippen molar-refractivity contribution >= 4 is 10.8 Å². The standard InChI is InChI=1S/C12H14N2/c1-2-13-8-11-5-3-4-10-6-7-14-9-12(10)11/h3-7,9,13H,2,8H2,1H3. The highest BCUT2D eigenvalue weighted by Gasteiger charge is 1.98. The Morgan fingerprint density at radius 1 is 1.29 bits per heavy atom. The van der Waals surface area contributed by atoms with Crippen LogP contribution in [0.3, 0.4) is 0 Å². The van der Waals surface area contributed by atoms with Crippen LogP contribution in [0.2, 0.25) is 0 Å². The molecule has 0 radical (unpaired) electrons. The monoisotopic (exact) mass is 186 g/mol. The Hall–Kier alpha value is -1.41. The van der Waals surface area contributed by atoms with Gasteiger partial charge in [0.2, 0.25) is 0 Å². The van der Waals surface area contributed by atoms with Gasteiger partial charge in [-0.25, -0.2) is 0 Å². The number of nitrogens with one attached hydrogen (secondary N) is 1. The second kappa shape index (κ2) is 4.20. The van der Waals surface area contributed by atoms with Gasteiger partial charge in [0.25, 0.3) is 0 Å². The van der Waals surface area contributed by atoms with E-state index in [-0.39, 0.29) is 0 Å². The van der Waals surface area contributed by atoms with Gasteiger partial charge in [-0.2, -0.15) is 0 Å². The Kier molecular flexibility index (Phi) is 2.75. The van der Waals surface area contributed by atoms with Crippen molar-refractivity contribution in [1.82, 2.24) is 10.3 Å². The summed E-state index contributed by atoms with van der Waals surface area (Å²) in [6, 6.07) is 8.40. The number of nitrogens with zero attached hydrogens (tertiary/aromatic N) is 1. The Morgan fingerprint density at radius 3 is 3.07 bits per heavy atom. The fourth-order valence-electron chi connectivity index (χ4n) is 1.59. The molecule has 0 spiro atoms. The van der Waals surface area contributed by atoms with Crippen LogP contribution < -0.4 is 5.32 Å². The lowest BCUT2D eigenvalue weighted by atomic mass is 10.1. The molecule has 14 heavy (non-hydrogen) atoms. The van der Waals surface area contributed by atoms with Gasteiger partial charge in [0.15, 0.2) is 0 Å². The van der Waals surface area contributed by atoms with E-state index in [4.69, 9.17) is 0 Å². The first kappa shape index (κ1) is 9.16. The molecule has 0 aliphatic carbocycles. The Morgan fingerprint density at radius 2 is 2.21 bits per heavy atom. The first-order valence-electron chi connectivity index (χ1n) is 4.94. The summed E-state index contributed by atoms with van der Waals surface area (Å²) in [5.41, 5.74) is 1.32. The normalized spacial score (nSPS) is 10.6. The SMILES string of the molecule is CCNCc1cccc2ccncc12. The number of hydrogen-bond acceptors (Lipinski definition) is 2. The number of aromatic nitrogens is 1. The summed E-state index contributed by atoms with van der Waals surface area (Å²) < 4.78 is 0. The van der Waals surface area contributed by atoms with Crippen molar-refractivity contribution < 1.29 is 0 Å². The second-order valence-electron chi connectivity index (χ2n) is 3.29. The van der Waals surface area contributed by atoms with Crippen LogP contribution in [-0.4, -0.2) is 11.5 Å². The first-order chi connectivity index (χ1) is 6.92. The van der Waals surface area contributed by atoms with Crippen LogP contribution in [0, 0.1) is 0 Å². The van der Waals surface area contributed by atoms with Crippen molar-refractivity contribution in [1.29, 1.82) is 0 Å². The molecule has 1 N–H and O–H groups in total. The minimum atomic E-state index is 0.916. The maximum absolute atomic E-state index is 4.15. The van der Waals surface area contributed by atoms with Crippen LogP contribution in [0.4, 0.5) is 0 Å². The van der Waals surface area contributed by atoms with Gasteiger partial charge in [-0.15, -0.1) is 0 Å². The van der Waals surface area contributed by atoms with E-state index in [9.17, 15) is 0 Å². The first-order valence-corrected chi connectivity index (χ1v) is 4.94. The van der Waals surface area contributed by atoms with Gasteiger partial charge in [0, 0.05) is 24.3 Å². The van der Waals surface area contributed by atoms with Gasteiger partial charge in [0.05, 0.1) is 0 Å². The van der Waals surface area contributed by atoms with Gasteiger partial charge in [-0.3, -0.25) is 4.98 Å². The van der Waals surface area contributed by atoms with Crippen molar-refractivity contribution in [3.63, 3.8) is 0 Å². The smallest absolute Gasteiger partial charge is 0.0349 e. The van der Waals surface area contributed by atoms with Crippen molar-refractivity contribution in [2.45, 2.75) is 13.5 Å². The Labute approximate surface area is 84.0 Å². The summed E-state index contributed by atoms with van der Waals surface area (Å²) in [5.74, 6) is 0. The zero-order valence-corrected chi connectivity index (χ0v) is 8.33. The molecule has 2 nitrogen and oxygen atoms in total. The third-order valence-electron chi connectivity index (χ3n) is 2.34. The summed E-state index contributed by atoms with van der Waals surface area (Å²) in [5, 5.41) is 5.83. The van der Waals surface area contributed by atoms with E-state index in [1.807, 2.05) is 18.5 Å². The molecule has 0 bridgehead atoms. The molecule has 2 aromatic rings. The fourth-order valence-corrected chi connectivity index (χ4v) is 1.59. The highest BCUT2D eigenvalue weighted by Crippen LogP contribution is 2.16. The molecule has 1 heterocycles. The molecule has 2 rings (SSSR count). The number of rotatable bonds is 3. The van der Waals surface area contributed by atoms with Gasteiger partial charge in [-0.05, 0) is 23.6 Å². The molecule has 1 aromatic carbocycles. The third kappa shape index (κ3) is 1.75. The minimum absolute atomic E-state index is 0.916. The lowest BCUT2D eigenvalue weighted by molar-refractivity contribution is 0.730. The molecule has 0 aliphatic rings. The Balaban J connectivity index is 2.43. The van der Waals surface area contributed by atoms with E-state index in [0.717, 1.165) is 13.1 Å². The molecule has 0 atom stereocenters. The molecule has 72 valence electrons. The largest absolute Gasteiger partial charge is 0.313 e. The summed E-state index contributed by atoms with van der Waals surface area (Å²) >= 11 is 0. The number of pyridine rings is 1. The highest BCUT2D eigenvalue weighted by molar-refractivity contribution is 5.84. The predicted octanol–water partition coefficient (Wildman–Crippen LogP) is 2.34. The summed E-state index contributed by atoms with van der Waals surface area (Å²) in [4.78, 5) is 4.15. The second-order valence-corrected chi connectivity index (χ2v) is 3.29. The molecular weight excluding hydrogens is 172 g/mol. The van der Waals surface area contributed by atoms with E-state index < -0.39 is 0 Å². The maximum atomic E-state index is 4.15. The van der Waals surface area contributed by atoms with Crippen molar-refractivity contribution in [3.8, 4) is 0 Å². The number of benzene rings is 1. The summed E-state index contributed by atoms with van der Waals surface area (Å²) in [6.07, 6.45) is 3.77. The molecule has 0 saturated heterocycles. The lowest BCUT2D eigenvalue weighted by Crippen LogP contribution is -2.11. The van der Waals surface area contributed by atoms with Gasteiger partial charge in [-0.1, -0.05) is 25.1 Å². The van der Waals surface area contributed by atoms with Gasteiger partial charge < -0.3 is 5.32 Å². The summed E-state index contributed by atoms with van der Waals surface area (Å²) in [7, 11) is 0. The van der Waals surface area contributed by atoms with E-state index in [2.05, 4.69) is 35.4 Å². The minimum Gasteiger partial charge on any atom is -0.313 e. The molecule has 1 aromatic heterocycles.